The van der Waals surface area contributed by atoms with Gasteiger partial charge < -0.3 is 9.47 Å². The van der Waals surface area contributed by atoms with E-state index in [1.165, 1.54) is 22.3 Å². The van der Waals surface area contributed by atoms with E-state index in [1.54, 1.807) is 19.8 Å². The van der Waals surface area contributed by atoms with Crippen LogP contribution in [-0.2, 0) is 9.47 Å². The number of ether oxygens (including phenoxy) is 2. The first kappa shape index (κ1) is 16.5. The van der Waals surface area contributed by atoms with Crippen molar-refractivity contribution in [3.8, 4) is 11.1 Å². The molecule has 2 aromatic rings. The number of methoxy groups -OCH3 is 2. The van der Waals surface area contributed by atoms with E-state index in [2.05, 4.69) is 59.5 Å². The smallest absolute Gasteiger partial charge is 0.169 e. The van der Waals surface area contributed by atoms with E-state index in [4.69, 9.17) is 9.47 Å². The minimum Gasteiger partial charge on any atom is -0.355 e. The monoisotopic (exact) mass is 335 g/mol. The van der Waals surface area contributed by atoms with Gasteiger partial charge in [-0.25, -0.2) is 0 Å². The third-order valence-corrected chi connectivity index (χ3v) is 5.47. The second-order valence-electron chi connectivity index (χ2n) is 6.80. The molecule has 3 nitrogen and oxygen atoms in total. The summed E-state index contributed by atoms with van der Waals surface area (Å²) >= 11 is 0. The maximum atomic E-state index is 5.34. The van der Waals surface area contributed by atoms with Gasteiger partial charge in [-0.05, 0) is 28.7 Å². The average molecular weight is 335 g/mol. The quantitative estimate of drug-likeness (QED) is 0.608. The summed E-state index contributed by atoms with van der Waals surface area (Å²) in [6.45, 7) is 2.82. The molecule has 0 amide bonds. The Labute approximate surface area is 149 Å². The highest BCUT2D eigenvalue weighted by Crippen LogP contribution is 2.48. The van der Waals surface area contributed by atoms with Crippen LogP contribution in [0.2, 0.25) is 0 Å². The van der Waals surface area contributed by atoms with Gasteiger partial charge in [-0.1, -0.05) is 60.2 Å². The van der Waals surface area contributed by atoms with Gasteiger partial charge in [0.25, 0.3) is 0 Å². The van der Waals surface area contributed by atoms with Gasteiger partial charge >= 0.3 is 0 Å². The van der Waals surface area contributed by atoms with Gasteiger partial charge in [0.2, 0.25) is 0 Å². The Morgan fingerprint density at radius 1 is 0.960 bits per heavy atom. The summed E-state index contributed by atoms with van der Waals surface area (Å²) in [5.41, 5.74) is 7.24. The second kappa shape index (κ2) is 7.12. The van der Waals surface area contributed by atoms with Crippen molar-refractivity contribution in [1.29, 1.82) is 0 Å². The number of hydrogen-bond donors (Lipinski definition) is 0. The average Bonchev–Trinajstić information content (AvgIpc) is 3.01. The molecular weight excluding hydrogens is 310 g/mol. The first-order valence-corrected chi connectivity index (χ1v) is 8.97. The van der Waals surface area contributed by atoms with E-state index in [-0.39, 0.29) is 6.29 Å². The third kappa shape index (κ3) is 3.04. The first-order chi connectivity index (χ1) is 12.3. The Morgan fingerprint density at radius 2 is 1.56 bits per heavy atom. The molecule has 0 N–H and O–H groups in total. The summed E-state index contributed by atoms with van der Waals surface area (Å²) in [6.07, 6.45) is 3.35. The van der Waals surface area contributed by atoms with Gasteiger partial charge in [0.1, 0.15) is 0 Å². The van der Waals surface area contributed by atoms with Crippen LogP contribution in [-0.4, -0.2) is 45.0 Å². The summed E-state index contributed by atoms with van der Waals surface area (Å²) in [6, 6.07) is 17.7. The molecule has 0 bridgehead atoms. The molecule has 0 saturated heterocycles. The van der Waals surface area contributed by atoms with Crippen LogP contribution < -0.4 is 0 Å². The molecule has 2 aliphatic rings. The lowest BCUT2D eigenvalue weighted by Crippen LogP contribution is -2.37. The zero-order valence-corrected chi connectivity index (χ0v) is 14.9. The van der Waals surface area contributed by atoms with Crippen molar-refractivity contribution in [2.24, 2.45) is 0 Å². The van der Waals surface area contributed by atoms with Crippen LogP contribution in [0.15, 0.2) is 60.2 Å². The normalized spacial score (nSPS) is 17.5. The predicted molar refractivity (Wildman–Crippen MR) is 101 cm³/mol. The highest BCUT2D eigenvalue weighted by atomic mass is 16.7. The zero-order valence-electron chi connectivity index (χ0n) is 14.9. The van der Waals surface area contributed by atoms with Gasteiger partial charge in [0.15, 0.2) is 6.29 Å². The Kier molecular flexibility index (Phi) is 4.71. The molecular formula is C22H25NO2. The molecule has 25 heavy (non-hydrogen) atoms. The van der Waals surface area contributed by atoms with Crippen molar-refractivity contribution in [1.82, 2.24) is 4.90 Å². The van der Waals surface area contributed by atoms with Crippen molar-refractivity contribution in [2.45, 2.75) is 18.6 Å². The molecule has 0 radical (unpaired) electrons. The highest BCUT2D eigenvalue weighted by Gasteiger charge is 2.31. The van der Waals surface area contributed by atoms with Gasteiger partial charge in [0.05, 0.1) is 0 Å². The van der Waals surface area contributed by atoms with Crippen LogP contribution in [0.4, 0.5) is 0 Å². The fraction of sp³-hybridized carbons (Fsp3) is 0.364. The number of benzene rings is 2. The number of nitrogens with zero attached hydrogens (tertiary/aromatic N) is 1. The molecule has 2 aromatic carbocycles. The van der Waals surface area contributed by atoms with Crippen LogP contribution in [0.5, 0.6) is 0 Å². The lowest BCUT2D eigenvalue weighted by Gasteiger charge is -2.31. The summed E-state index contributed by atoms with van der Waals surface area (Å²) in [5.74, 6) is 0.412. The molecule has 0 saturated carbocycles. The van der Waals surface area contributed by atoms with Gasteiger partial charge in [0, 0.05) is 39.8 Å². The zero-order chi connectivity index (χ0) is 17.2. The molecule has 4 rings (SSSR count). The molecule has 0 aromatic heterocycles. The topological polar surface area (TPSA) is 21.7 Å². The van der Waals surface area contributed by atoms with Crippen molar-refractivity contribution in [3.63, 3.8) is 0 Å². The minimum absolute atomic E-state index is 0.150. The van der Waals surface area contributed by atoms with E-state index in [0.717, 1.165) is 26.1 Å². The summed E-state index contributed by atoms with van der Waals surface area (Å²) < 4.78 is 10.7. The lowest BCUT2D eigenvalue weighted by molar-refractivity contribution is -0.115. The van der Waals surface area contributed by atoms with Crippen LogP contribution in [0, 0.1) is 0 Å². The van der Waals surface area contributed by atoms with E-state index in [9.17, 15) is 0 Å². The number of hydrogen-bond acceptors (Lipinski definition) is 3. The lowest BCUT2D eigenvalue weighted by atomic mass is 9.85. The minimum atomic E-state index is -0.150. The van der Waals surface area contributed by atoms with E-state index >= 15 is 0 Å². The predicted octanol–water partition coefficient (Wildman–Crippen LogP) is 4.05. The van der Waals surface area contributed by atoms with Crippen molar-refractivity contribution in [2.75, 3.05) is 33.9 Å². The summed E-state index contributed by atoms with van der Waals surface area (Å²) in [4.78, 5) is 2.40. The SMILES string of the molecule is COC(CN1CC=C(C2c3ccccc3-c3ccccc32)CC1)OC. The van der Waals surface area contributed by atoms with E-state index in [0.29, 0.717) is 5.92 Å². The summed E-state index contributed by atoms with van der Waals surface area (Å²) in [7, 11) is 3.40. The largest absolute Gasteiger partial charge is 0.355 e. The fourth-order valence-electron chi connectivity index (χ4n) is 4.17. The molecule has 1 heterocycles. The highest BCUT2D eigenvalue weighted by molar-refractivity contribution is 5.80. The molecule has 0 unspecified atom stereocenters. The third-order valence-electron chi connectivity index (χ3n) is 5.47. The molecule has 0 spiro atoms. The second-order valence-corrected chi connectivity index (χ2v) is 6.80. The fourth-order valence-corrected chi connectivity index (χ4v) is 4.17. The van der Waals surface area contributed by atoms with Gasteiger partial charge in [-0.15, -0.1) is 0 Å². The summed E-state index contributed by atoms with van der Waals surface area (Å²) in [5, 5.41) is 0. The van der Waals surface area contributed by atoms with Crippen LogP contribution in [0.1, 0.15) is 23.5 Å². The van der Waals surface area contributed by atoms with Crippen LogP contribution in [0.25, 0.3) is 11.1 Å². The Morgan fingerprint density at radius 3 is 2.08 bits per heavy atom. The Balaban J connectivity index is 1.60. The van der Waals surface area contributed by atoms with Crippen molar-refractivity contribution < 1.29 is 9.47 Å². The Bertz CT molecular complexity index is 734. The van der Waals surface area contributed by atoms with Crippen molar-refractivity contribution in [3.05, 3.63) is 71.3 Å². The molecule has 0 atom stereocenters. The number of rotatable bonds is 5. The maximum absolute atomic E-state index is 5.34. The van der Waals surface area contributed by atoms with Gasteiger partial charge in [-0.3, -0.25) is 4.90 Å². The van der Waals surface area contributed by atoms with Gasteiger partial charge in [-0.2, -0.15) is 0 Å². The van der Waals surface area contributed by atoms with Crippen LogP contribution >= 0.6 is 0 Å². The van der Waals surface area contributed by atoms with Crippen LogP contribution in [0.3, 0.4) is 0 Å². The Hall–Kier alpha value is -1.94. The maximum Gasteiger partial charge on any atom is 0.169 e. The first-order valence-electron chi connectivity index (χ1n) is 8.97. The standard InChI is InChI=1S/C22H25NO2/c1-24-21(25-2)15-23-13-11-16(12-14-23)22-19-9-5-3-7-17(19)18-8-4-6-10-20(18)22/h3-11,21-22H,12-15H2,1-2H3. The van der Waals surface area contributed by atoms with E-state index in [1.807, 2.05) is 0 Å². The molecule has 130 valence electrons. The number of fused-ring (bicyclic) bond motifs is 3. The molecule has 1 aliphatic carbocycles. The van der Waals surface area contributed by atoms with Crippen molar-refractivity contribution >= 4 is 0 Å². The van der Waals surface area contributed by atoms with E-state index < -0.39 is 0 Å². The molecule has 3 heteroatoms. The molecule has 0 fully saturated rings. The molecule has 1 aliphatic heterocycles.